The number of piperidine rings is 1. The van der Waals surface area contributed by atoms with Crippen molar-refractivity contribution in [2.45, 2.75) is 42.9 Å². The molecule has 3 aromatic rings. The second-order valence-corrected chi connectivity index (χ2v) is 11.0. The van der Waals surface area contributed by atoms with Crippen LogP contribution in [0.1, 0.15) is 42.9 Å². The van der Waals surface area contributed by atoms with E-state index in [1.54, 1.807) is 25.4 Å². The number of fused-ring (bicyclic) bond motifs is 1. The molecule has 1 aliphatic rings. The van der Waals surface area contributed by atoms with Crippen LogP contribution in [0.5, 0.6) is 5.75 Å². The molecule has 1 saturated heterocycles. The monoisotopic (exact) mass is 562 g/mol. The van der Waals surface area contributed by atoms with Crippen LogP contribution in [0.2, 0.25) is 0 Å². The van der Waals surface area contributed by atoms with Crippen LogP contribution in [-0.2, 0) is 11.0 Å². The summed E-state index contributed by atoms with van der Waals surface area (Å²) in [6, 6.07) is 12.9. The van der Waals surface area contributed by atoms with Gasteiger partial charge in [-0.25, -0.2) is 0 Å². The lowest BCUT2D eigenvalue weighted by atomic mass is 9.81. The average molecular weight is 563 g/mol. The third kappa shape index (κ3) is 7.43. The first-order chi connectivity index (χ1) is 18.7. The van der Waals surface area contributed by atoms with Gasteiger partial charge in [0.1, 0.15) is 5.75 Å². The van der Waals surface area contributed by atoms with Gasteiger partial charge in [0.2, 0.25) is 0 Å². The van der Waals surface area contributed by atoms with Crippen LogP contribution in [0.4, 0.5) is 13.2 Å². The number of aromatic nitrogens is 1. The van der Waals surface area contributed by atoms with E-state index in [0.29, 0.717) is 50.3 Å². The number of halogens is 3. The minimum atomic E-state index is -4.38. The first kappa shape index (κ1) is 29.2. The molecule has 0 spiro atoms. The minimum Gasteiger partial charge on any atom is -0.497 e. The fraction of sp³-hybridized carbons (Fsp3) is 0.448. The molecule has 1 fully saturated rings. The second kappa shape index (κ2) is 13.0. The Morgan fingerprint density at radius 1 is 1.23 bits per heavy atom. The number of aliphatic carboxylic acids is 1. The number of likely N-dealkylation sites (tertiary alicyclic amines) is 1. The van der Waals surface area contributed by atoms with Crippen molar-refractivity contribution in [1.82, 2.24) is 9.88 Å². The molecular weight excluding hydrogens is 529 g/mol. The maximum atomic E-state index is 13.2. The molecule has 2 heterocycles. The van der Waals surface area contributed by atoms with Gasteiger partial charge in [0.15, 0.2) is 0 Å². The summed E-state index contributed by atoms with van der Waals surface area (Å²) in [5.74, 6) is -0.290. The third-order valence-electron chi connectivity index (χ3n) is 7.38. The number of hydrogen-bond donors (Lipinski definition) is 2. The van der Waals surface area contributed by atoms with E-state index in [1.807, 2.05) is 18.2 Å². The van der Waals surface area contributed by atoms with Crippen molar-refractivity contribution < 1.29 is 32.9 Å². The maximum Gasteiger partial charge on any atom is 0.417 e. The van der Waals surface area contributed by atoms with E-state index < -0.39 is 29.7 Å². The largest absolute Gasteiger partial charge is 0.497 e. The Morgan fingerprint density at radius 3 is 2.77 bits per heavy atom. The summed E-state index contributed by atoms with van der Waals surface area (Å²) >= 11 is 1.18. The van der Waals surface area contributed by atoms with Crippen molar-refractivity contribution in [2.24, 2.45) is 11.8 Å². The average Bonchev–Trinajstić information content (AvgIpc) is 2.93. The van der Waals surface area contributed by atoms with Crippen molar-refractivity contribution in [3.63, 3.8) is 0 Å². The lowest BCUT2D eigenvalue weighted by Crippen LogP contribution is -2.44. The zero-order valence-corrected chi connectivity index (χ0v) is 22.5. The van der Waals surface area contributed by atoms with E-state index in [2.05, 4.69) is 9.88 Å². The van der Waals surface area contributed by atoms with Crippen LogP contribution >= 0.6 is 11.8 Å². The Balaban J connectivity index is 1.29. The summed E-state index contributed by atoms with van der Waals surface area (Å²) in [7, 11) is 1.58. The van der Waals surface area contributed by atoms with E-state index in [0.717, 1.165) is 29.1 Å². The first-order valence-electron chi connectivity index (χ1n) is 13.0. The third-order valence-corrected chi connectivity index (χ3v) is 8.54. The van der Waals surface area contributed by atoms with Crippen LogP contribution in [0.15, 0.2) is 59.6 Å². The number of carboxylic acid groups (broad SMARTS) is 1. The van der Waals surface area contributed by atoms with Crippen LogP contribution < -0.4 is 4.74 Å². The zero-order chi connectivity index (χ0) is 28.0. The predicted molar refractivity (Wildman–Crippen MR) is 145 cm³/mol. The Labute approximate surface area is 230 Å². The Hall–Kier alpha value is -2.82. The summed E-state index contributed by atoms with van der Waals surface area (Å²) < 4.78 is 44.9. The van der Waals surface area contributed by atoms with Crippen molar-refractivity contribution in [1.29, 1.82) is 0 Å². The molecule has 6 nitrogen and oxygen atoms in total. The molecular formula is C29H33F3N2O4S. The molecule has 0 bridgehead atoms. The summed E-state index contributed by atoms with van der Waals surface area (Å²) in [5, 5.41) is 21.7. The molecule has 3 atom stereocenters. The van der Waals surface area contributed by atoms with Gasteiger partial charge >= 0.3 is 12.1 Å². The van der Waals surface area contributed by atoms with Crippen LogP contribution in [-0.4, -0.2) is 58.6 Å². The highest BCUT2D eigenvalue weighted by Gasteiger charge is 2.35. The number of benzene rings is 2. The fourth-order valence-electron chi connectivity index (χ4n) is 5.29. The second-order valence-electron chi connectivity index (χ2n) is 9.87. The summed E-state index contributed by atoms with van der Waals surface area (Å²) in [5.41, 5.74) is 0.875. The smallest absolute Gasteiger partial charge is 0.417 e. The molecule has 10 heteroatoms. The molecule has 0 saturated carbocycles. The number of pyridine rings is 1. The van der Waals surface area contributed by atoms with Gasteiger partial charge in [-0.05, 0) is 92.4 Å². The maximum absolute atomic E-state index is 13.2. The van der Waals surface area contributed by atoms with Crippen molar-refractivity contribution in [3.8, 4) is 5.75 Å². The molecule has 2 aromatic carbocycles. The van der Waals surface area contributed by atoms with E-state index in [-0.39, 0.29) is 10.8 Å². The van der Waals surface area contributed by atoms with Crippen LogP contribution in [0.25, 0.3) is 10.9 Å². The number of nitrogens with zero attached hydrogens (tertiary/aromatic N) is 2. The molecule has 0 amide bonds. The number of aliphatic hydroxyl groups excluding tert-OH is 1. The quantitative estimate of drug-likeness (QED) is 0.210. The normalized spacial score (nSPS) is 19.2. The molecule has 4 rings (SSSR count). The zero-order valence-electron chi connectivity index (χ0n) is 21.7. The molecule has 0 radical (unpaired) electrons. The summed E-state index contributed by atoms with van der Waals surface area (Å²) in [4.78, 5) is 18.8. The molecule has 1 unspecified atom stereocenters. The molecule has 210 valence electrons. The van der Waals surface area contributed by atoms with Gasteiger partial charge < -0.3 is 19.8 Å². The standard InChI is InChI=1S/C29H33F3N2O4S/c1-38-20-8-9-25-22(17-20)21(11-13-33-25)26(35)10-7-19-12-15-34(18-23(19)28(36)37)14-4-16-39-27-6-3-2-5-24(27)29(30,31)32/h2-3,5-6,8-9,11,13,17,19,23,26,35H,4,7,10,12,14-16,18H2,1H3,(H,36,37)/t19-,23+,26?/m1/s1. The van der Waals surface area contributed by atoms with Crippen LogP contribution in [0, 0.1) is 11.8 Å². The van der Waals surface area contributed by atoms with Gasteiger partial charge in [0.25, 0.3) is 0 Å². The lowest BCUT2D eigenvalue weighted by molar-refractivity contribution is -0.146. The fourth-order valence-corrected chi connectivity index (χ4v) is 6.29. The SMILES string of the molecule is COc1ccc2nccc(C(O)CC[C@@H]3CCN(CCCSc4ccccc4C(F)(F)F)C[C@@H]3C(=O)O)c2c1. The number of alkyl halides is 3. The number of carboxylic acids is 1. The number of methoxy groups -OCH3 is 1. The van der Waals surface area contributed by atoms with Gasteiger partial charge in [-0.3, -0.25) is 9.78 Å². The molecule has 2 N–H and O–H groups in total. The molecule has 1 aromatic heterocycles. The lowest BCUT2D eigenvalue weighted by Gasteiger charge is -2.37. The number of thioether (sulfide) groups is 1. The Kier molecular flexibility index (Phi) is 9.74. The highest BCUT2D eigenvalue weighted by Crippen LogP contribution is 2.37. The number of aliphatic hydroxyl groups is 1. The van der Waals surface area contributed by atoms with Gasteiger partial charge in [-0.1, -0.05) is 12.1 Å². The van der Waals surface area contributed by atoms with Gasteiger partial charge in [0.05, 0.1) is 30.2 Å². The minimum absolute atomic E-state index is 0.0657. The van der Waals surface area contributed by atoms with Gasteiger partial charge in [-0.2, -0.15) is 13.2 Å². The predicted octanol–water partition coefficient (Wildman–Crippen LogP) is 6.28. The highest BCUT2D eigenvalue weighted by atomic mass is 32.2. The van der Waals surface area contributed by atoms with E-state index in [4.69, 9.17) is 4.74 Å². The molecule has 1 aliphatic heterocycles. The first-order valence-corrected chi connectivity index (χ1v) is 14.0. The number of carbonyl (C=O) groups is 1. The summed E-state index contributed by atoms with van der Waals surface area (Å²) in [6.07, 6.45) is -1.13. The van der Waals surface area contributed by atoms with E-state index in [9.17, 15) is 28.2 Å². The van der Waals surface area contributed by atoms with E-state index >= 15 is 0 Å². The summed E-state index contributed by atoms with van der Waals surface area (Å²) in [6.45, 7) is 1.75. The van der Waals surface area contributed by atoms with E-state index in [1.165, 1.54) is 23.9 Å². The van der Waals surface area contributed by atoms with Crippen molar-refractivity contribution in [3.05, 3.63) is 65.9 Å². The number of rotatable bonds is 11. The van der Waals surface area contributed by atoms with Gasteiger partial charge in [-0.15, -0.1) is 11.8 Å². The Bertz CT molecular complexity index is 1270. The number of ether oxygens (including phenoxy) is 1. The van der Waals surface area contributed by atoms with Crippen molar-refractivity contribution in [2.75, 3.05) is 32.5 Å². The van der Waals surface area contributed by atoms with Crippen LogP contribution in [0.3, 0.4) is 0 Å². The molecule has 39 heavy (non-hydrogen) atoms. The highest BCUT2D eigenvalue weighted by molar-refractivity contribution is 7.99. The number of hydrogen-bond acceptors (Lipinski definition) is 6. The van der Waals surface area contributed by atoms with Crippen molar-refractivity contribution >= 4 is 28.6 Å². The van der Waals surface area contributed by atoms with Gasteiger partial charge in [0, 0.05) is 23.0 Å². The molecule has 0 aliphatic carbocycles. The topological polar surface area (TPSA) is 82.9 Å². The Morgan fingerprint density at radius 2 is 2.03 bits per heavy atom.